The molecule has 1 aromatic carbocycles. The zero-order valence-electron chi connectivity index (χ0n) is 10.1. The van der Waals surface area contributed by atoms with Crippen molar-refractivity contribution in [1.82, 2.24) is 9.78 Å². The first kappa shape index (κ1) is 14.6. The lowest BCUT2D eigenvalue weighted by atomic mass is 10.2. The molecule has 0 atom stereocenters. The molecule has 0 radical (unpaired) electrons. The van der Waals surface area contributed by atoms with Crippen LogP contribution in [-0.4, -0.2) is 20.9 Å². The van der Waals surface area contributed by atoms with Gasteiger partial charge in [-0.3, -0.25) is 0 Å². The van der Waals surface area contributed by atoms with Crippen molar-refractivity contribution in [3.05, 3.63) is 45.7 Å². The molecule has 0 aliphatic rings. The van der Waals surface area contributed by atoms with Gasteiger partial charge in [-0.25, -0.2) is 9.48 Å². The number of rotatable bonds is 2. The molecule has 0 unspecified atom stereocenters. The van der Waals surface area contributed by atoms with E-state index in [1.54, 1.807) is 0 Å². The predicted octanol–water partition coefficient (Wildman–Crippen LogP) is 3.66. The van der Waals surface area contributed by atoms with E-state index in [0.717, 1.165) is 12.1 Å². The van der Waals surface area contributed by atoms with E-state index in [-0.39, 0.29) is 15.7 Å². The van der Waals surface area contributed by atoms with Crippen LogP contribution in [0.1, 0.15) is 21.6 Å². The average Bonchev–Trinajstić information content (AvgIpc) is 2.69. The average molecular weight is 349 g/mol. The number of aromatic carboxylic acids is 1. The summed E-state index contributed by atoms with van der Waals surface area (Å²) in [5.74, 6) is -1.14. The fraction of sp³-hybridized carbons (Fsp3) is 0.167. The highest BCUT2D eigenvalue weighted by Crippen LogP contribution is 2.33. The number of halogens is 4. The zero-order valence-corrected chi connectivity index (χ0v) is 11.7. The number of alkyl halides is 3. The molecule has 20 heavy (non-hydrogen) atoms. The third kappa shape index (κ3) is 2.69. The second kappa shape index (κ2) is 4.93. The Morgan fingerprint density at radius 2 is 2.05 bits per heavy atom. The summed E-state index contributed by atoms with van der Waals surface area (Å²) in [5, 5.41) is 12.9. The minimum atomic E-state index is -4.44. The fourth-order valence-corrected chi connectivity index (χ4v) is 2.22. The third-order valence-corrected chi connectivity index (χ3v) is 3.29. The minimum Gasteiger partial charge on any atom is -0.478 e. The summed E-state index contributed by atoms with van der Waals surface area (Å²) in [5.41, 5.74) is -0.190. The van der Waals surface area contributed by atoms with E-state index < -0.39 is 17.7 Å². The van der Waals surface area contributed by atoms with E-state index in [0.29, 0.717) is 5.69 Å². The van der Waals surface area contributed by atoms with E-state index in [4.69, 9.17) is 5.11 Å². The van der Waals surface area contributed by atoms with Crippen molar-refractivity contribution in [3.8, 4) is 5.69 Å². The Labute approximate surface area is 120 Å². The van der Waals surface area contributed by atoms with Crippen molar-refractivity contribution in [2.45, 2.75) is 13.1 Å². The van der Waals surface area contributed by atoms with Crippen molar-refractivity contribution in [2.75, 3.05) is 0 Å². The number of hydrogen-bond acceptors (Lipinski definition) is 2. The highest BCUT2D eigenvalue weighted by Gasteiger charge is 2.31. The van der Waals surface area contributed by atoms with Crippen molar-refractivity contribution in [1.29, 1.82) is 0 Å². The molecule has 8 heteroatoms. The SMILES string of the molecule is Cc1nn(-c2ccc(C(F)(F)F)cc2Br)cc1C(=O)O. The maximum Gasteiger partial charge on any atom is 0.416 e. The molecule has 4 nitrogen and oxygen atoms in total. The van der Waals surface area contributed by atoms with Crippen LogP contribution in [0.4, 0.5) is 13.2 Å². The van der Waals surface area contributed by atoms with Crippen LogP contribution in [-0.2, 0) is 6.18 Å². The van der Waals surface area contributed by atoms with E-state index in [1.807, 2.05) is 0 Å². The van der Waals surface area contributed by atoms with Crippen LogP contribution in [0.25, 0.3) is 5.69 Å². The summed E-state index contributed by atoms with van der Waals surface area (Å²) < 4.78 is 39.1. The molecule has 1 N–H and O–H groups in total. The Kier molecular flexibility index (Phi) is 3.59. The van der Waals surface area contributed by atoms with Gasteiger partial charge in [0, 0.05) is 10.7 Å². The second-order valence-corrected chi connectivity index (χ2v) is 4.90. The van der Waals surface area contributed by atoms with E-state index in [1.165, 1.54) is 23.9 Å². The summed E-state index contributed by atoms with van der Waals surface area (Å²) in [7, 11) is 0. The summed E-state index contributed by atoms with van der Waals surface area (Å²) >= 11 is 3.04. The van der Waals surface area contributed by atoms with E-state index >= 15 is 0 Å². The van der Waals surface area contributed by atoms with Gasteiger partial charge in [0.25, 0.3) is 0 Å². The number of carboxylic acids is 1. The molecule has 1 heterocycles. The molecule has 0 amide bonds. The van der Waals surface area contributed by atoms with Crippen LogP contribution in [0.3, 0.4) is 0 Å². The molecular weight excluding hydrogens is 341 g/mol. The molecule has 0 spiro atoms. The summed E-state index contributed by atoms with van der Waals surface area (Å²) in [6.45, 7) is 1.51. The van der Waals surface area contributed by atoms with Crippen LogP contribution in [0.15, 0.2) is 28.9 Å². The van der Waals surface area contributed by atoms with Gasteiger partial charge < -0.3 is 5.11 Å². The largest absolute Gasteiger partial charge is 0.478 e. The van der Waals surface area contributed by atoms with Crippen LogP contribution in [0.5, 0.6) is 0 Å². The number of hydrogen-bond donors (Lipinski definition) is 1. The number of aryl methyl sites for hydroxylation is 1. The molecule has 106 valence electrons. The summed E-state index contributed by atoms with van der Waals surface area (Å²) in [6.07, 6.45) is -3.18. The first-order valence-corrected chi connectivity index (χ1v) is 6.16. The maximum atomic E-state index is 12.6. The second-order valence-electron chi connectivity index (χ2n) is 4.04. The fourth-order valence-electron chi connectivity index (χ4n) is 1.66. The summed E-state index contributed by atoms with van der Waals surface area (Å²) in [6, 6.07) is 3.06. The van der Waals surface area contributed by atoms with Gasteiger partial charge in [-0.2, -0.15) is 18.3 Å². The van der Waals surface area contributed by atoms with Crippen LogP contribution >= 0.6 is 15.9 Å². The van der Waals surface area contributed by atoms with Crippen molar-refractivity contribution in [2.24, 2.45) is 0 Å². The molecule has 0 saturated carbocycles. The third-order valence-electron chi connectivity index (χ3n) is 2.65. The van der Waals surface area contributed by atoms with Crippen molar-refractivity contribution >= 4 is 21.9 Å². The molecule has 0 aliphatic heterocycles. The molecular formula is C12H8BrF3N2O2. The zero-order chi connectivity index (χ0) is 15.1. The van der Waals surface area contributed by atoms with Crippen molar-refractivity contribution in [3.63, 3.8) is 0 Å². The lowest BCUT2D eigenvalue weighted by Gasteiger charge is -2.10. The van der Waals surface area contributed by atoms with Gasteiger partial charge in [-0.1, -0.05) is 0 Å². The van der Waals surface area contributed by atoms with E-state index in [9.17, 15) is 18.0 Å². The van der Waals surface area contributed by atoms with Gasteiger partial charge in [-0.05, 0) is 41.1 Å². The van der Waals surface area contributed by atoms with Crippen LogP contribution < -0.4 is 0 Å². The maximum absolute atomic E-state index is 12.6. The number of carbonyl (C=O) groups is 1. The lowest BCUT2D eigenvalue weighted by molar-refractivity contribution is -0.137. The Hall–Kier alpha value is -1.83. The van der Waals surface area contributed by atoms with Gasteiger partial charge in [-0.15, -0.1) is 0 Å². The van der Waals surface area contributed by atoms with Gasteiger partial charge in [0.1, 0.15) is 5.56 Å². The van der Waals surface area contributed by atoms with Gasteiger partial charge in [0.15, 0.2) is 0 Å². The highest BCUT2D eigenvalue weighted by atomic mass is 79.9. The molecule has 0 bridgehead atoms. The van der Waals surface area contributed by atoms with Crippen LogP contribution in [0.2, 0.25) is 0 Å². The smallest absolute Gasteiger partial charge is 0.416 e. The molecule has 0 saturated heterocycles. The number of benzene rings is 1. The number of aromatic nitrogens is 2. The Morgan fingerprint density at radius 3 is 2.50 bits per heavy atom. The lowest BCUT2D eigenvalue weighted by Crippen LogP contribution is -2.06. The molecule has 2 rings (SSSR count). The van der Waals surface area contributed by atoms with Crippen LogP contribution in [0, 0.1) is 6.92 Å². The monoisotopic (exact) mass is 348 g/mol. The first-order chi connectivity index (χ1) is 9.20. The number of nitrogens with zero attached hydrogens (tertiary/aromatic N) is 2. The quantitative estimate of drug-likeness (QED) is 0.900. The van der Waals surface area contributed by atoms with Gasteiger partial charge >= 0.3 is 12.1 Å². The Bertz CT molecular complexity index is 680. The predicted molar refractivity (Wildman–Crippen MR) is 68.0 cm³/mol. The normalized spacial score (nSPS) is 11.7. The van der Waals surface area contributed by atoms with Gasteiger partial charge in [0.05, 0.1) is 16.9 Å². The molecule has 2 aromatic rings. The Morgan fingerprint density at radius 1 is 1.40 bits per heavy atom. The Balaban J connectivity index is 2.49. The summed E-state index contributed by atoms with van der Waals surface area (Å²) in [4.78, 5) is 10.9. The number of carboxylic acid groups (broad SMARTS) is 1. The standard InChI is InChI=1S/C12H8BrF3N2O2/c1-6-8(11(19)20)5-18(17-6)10-3-2-7(4-9(10)13)12(14,15)16/h2-5H,1H3,(H,19,20). The van der Waals surface area contributed by atoms with Crippen molar-refractivity contribution < 1.29 is 23.1 Å². The topological polar surface area (TPSA) is 55.1 Å². The van der Waals surface area contributed by atoms with E-state index in [2.05, 4.69) is 21.0 Å². The molecule has 0 fully saturated rings. The molecule has 0 aliphatic carbocycles. The molecule has 1 aromatic heterocycles. The highest BCUT2D eigenvalue weighted by molar-refractivity contribution is 9.10. The van der Waals surface area contributed by atoms with Gasteiger partial charge in [0.2, 0.25) is 0 Å². The first-order valence-electron chi connectivity index (χ1n) is 5.37. The minimum absolute atomic E-state index is 0.00296.